The van der Waals surface area contributed by atoms with Crippen LogP contribution in [-0.4, -0.2) is 26.4 Å². The van der Waals surface area contributed by atoms with Gasteiger partial charge < -0.3 is 19.9 Å². The van der Waals surface area contributed by atoms with Crippen molar-refractivity contribution < 1.29 is 14.2 Å². The van der Waals surface area contributed by atoms with E-state index in [1.807, 2.05) is 18.2 Å². The SMILES string of the molecule is COc1cc(COC2COC2)ccc1CN. The van der Waals surface area contributed by atoms with Crippen LogP contribution < -0.4 is 10.5 Å². The summed E-state index contributed by atoms with van der Waals surface area (Å²) in [5.74, 6) is 0.827. The Labute approximate surface area is 95.3 Å². The monoisotopic (exact) mass is 223 g/mol. The highest BCUT2D eigenvalue weighted by molar-refractivity contribution is 5.37. The smallest absolute Gasteiger partial charge is 0.123 e. The van der Waals surface area contributed by atoms with E-state index in [0.29, 0.717) is 26.4 Å². The molecule has 1 heterocycles. The van der Waals surface area contributed by atoms with E-state index in [1.165, 1.54) is 0 Å². The summed E-state index contributed by atoms with van der Waals surface area (Å²) in [4.78, 5) is 0. The number of hydrogen-bond acceptors (Lipinski definition) is 4. The summed E-state index contributed by atoms with van der Waals surface area (Å²) in [7, 11) is 1.65. The molecule has 1 aromatic carbocycles. The number of nitrogens with two attached hydrogens (primary N) is 1. The van der Waals surface area contributed by atoms with Crippen molar-refractivity contribution >= 4 is 0 Å². The number of rotatable bonds is 5. The summed E-state index contributed by atoms with van der Waals surface area (Å²) in [6.07, 6.45) is 0.250. The summed E-state index contributed by atoms with van der Waals surface area (Å²) in [6.45, 7) is 2.49. The largest absolute Gasteiger partial charge is 0.496 e. The molecule has 0 saturated carbocycles. The summed E-state index contributed by atoms with van der Waals surface area (Å²) < 4.78 is 15.9. The van der Waals surface area contributed by atoms with Crippen LogP contribution in [0.3, 0.4) is 0 Å². The quantitative estimate of drug-likeness (QED) is 0.811. The number of ether oxygens (including phenoxy) is 3. The molecule has 0 bridgehead atoms. The van der Waals surface area contributed by atoms with Gasteiger partial charge >= 0.3 is 0 Å². The minimum absolute atomic E-state index is 0.250. The van der Waals surface area contributed by atoms with Crippen LogP contribution in [-0.2, 0) is 22.6 Å². The Balaban J connectivity index is 1.97. The molecule has 0 aliphatic carbocycles. The van der Waals surface area contributed by atoms with Gasteiger partial charge in [0.1, 0.15) is 11.9 Å². The molecule has 4 heteroatoms. The average molecular weight is 223 g/mol. The maximum atomic E-state index is 5.63. The van der Waals surface area contributed by atoms with Gasteiger partial charge in [-0.3, -0.25) is 0 Å². The van der Waals surface area contributed by atoms with Crippen LogP contribution in [0.5, 0.6) is 5.75 Å². The molecule has 0 atom stereocenters. The Morgan fingerprint density at radius 3 is 2.81 bits per heavy atom. The van der Waals surface area contributed by atoms with Crippen molar-refractivity contribution in [2.24, 2.45) is 5.73 Å². The Bertz CT molecular complexity index is 350. The first-order chi connectivity index (χ1) is 7.83. The molecule has 1 saturated heterocycles. The fourth-order valence-electron chi connectivity index (χ4n) is 1.57. The zero-order chi connectivity index (χ0) is 11.4. The predicted molar refractivity (Wildman–Crippen MR) is 60.3 cm³/mol. The predicted octanol–water partition coefficient (Wildman–Crippen LogP) is 1.07. The summed E-state index contributed by atoms with van der Waals surface area (Å²) in [5, 5.41) is 0. The van der Waals surface area contributed by atoms with Gasteiger partial charge in [-0.2, -0.15) is 0 Å². The lowest BCUT2D eigenvalue weighted by Gasteiger charge is -2.26. The second-order valence-corrected chi connectivity index (χ2v) is 3.82. The number of methoxy groups -OCH3 is 1. The van der Waals surface area contributed by atoms with Crippen molar-refractivity contribution in [2.75, 3.05) is 20.3 Å². The molecule has 1 fully saturated rings. The third-order valence-corrected chi connectivity index (χ3v) is 2.66. The van der Waals surface area contributed by atoms with E-state index < -0.39 is 0 Å². The molecule has 0 unspecified atom stereocenters. The molecule has 1 aliphatic rings. The average Bonchev–Trinajstić information content (AvgIpc) is 2.26. The third kappa shape index (κ3) is 2.52. The fourth-order valence-corrected chi connectivity index (χ4v) is 1.57. The van der Waals surface area contributed by atoms with Gasteiger partial charge in [-0.1, -0.05) is 12.1 Å². The first kappa shape index (κ1) is 11.4. The summed E-state index contributed by atoms with van der Waals surface area (Å²) >= 11 is 0. The maximum Gasteiger partial charge on any atom is 0.123 e. The highest BCUT2D eigenvalue weighted by atomic mass is 16.6. The first-order valence-corrected chi connectivity index (χ1v) is 5.38. The van der Waals surface area contributed by atoms with Crippen LogP contribution in [0.25, 0.3) is 0 Å². The molecule has 2 N–H and O–H groups in total. The molecule has 88 valence electrons. The summed E-state index contributed by atoms with van der Waals surface area (Å²) in [6, 6.07) is 5.97. The van der Waals surface area contributed by atoms with E-state index in [2.05, 4.69) is 0 Å². The lowest BCUT2D eigenvalue weighted by atomic mass is 10.1. The van der Waals surface area contributed by atoms with Crippen LogP contribution in [0.1, 0.15) is 11.1 Å². The van der Waals surface area contributed by atoms with Crippen molar-refractivity contribution in [2.45, 2.75) is 19.3 Å². The topological polar surface area (TPSA) is 53.7 Å². The van der Waals surface area contributed by atoms with Crippen LogP contribution in [0.4, 0.5) is 0 Å². The number of benzene rings is 1. The second kappa shape index (κ2) is 5.30. The highest BCUT2D eigenvalue weighted by Crippen LogP contribution is 2.20. The molecule has 16 heavy (non-hydrogen) atoms. The van der Waals surface area contributed by atoms with E-state index in [-0.39, 0.29) is 6.10 Å². The van der Waals surface area contributed by atoms with Gasteiger partial charge in [-0.15, -0.1) is 0 Å². The van der Waals surface area contributed by atoms with E-state index in [0.717, 1.165) is 16.9 Å². The lowest BCUT2D eigenvalue weighted by molar-refractivity contribution is -0.135. The minimum Gasteiger partial charge on any atom is -0.496 e. The molecule has 0 amide bonds. The molecule has 1 aliphatic heterocycles. The van der Waals surface area contributed by atoms with Crippen LogP contribution >= 0.6 is 0 Å². The first-order valence-electron chi connectivity index (χ1n) is 5.38. The molecule has 1 aromatic rings. The van der Waals surface area contributed by atoms with Crippen molar-refractivity contribution in [3.05, 3.63) is 29.3 Å². The Morgan fingerprint density at radius 2 is 2.25 bits per heavy atom. The zero-order valence-corrected chi connectivity index (χ0v) is 9.44. The molecule has 0 aromatic heterocycles. The molecular formula is C12H17NO3. The highest BCUT2D eigenvalue weighted by Gasteiger charge is 2.18. The number of hydrogen-bond donors (Lipinski definition) is 1. The third-order valence-electron chi connectivity index (χ3n) is 2.66. The standard InChI is InChI=1S/C12H17NO3/c1-14-12-4-9(2-3-10(12)5-13)6-16-11-7-15-8-11/h2-4,11H,5-8,13H2,1H3. The van der Waals surface area contributed by atoms with Gasteiger partial charge in [0, 0.05) is 12.1 Å². The van der Waals surface area contributed by atoms with E-state index in [9.17, 15) is 0 Å². The van der Waals surface area contributed by atoms with Crippen molar-refractivity contribution in [1.82, 2.24) is 0 Å². The zero-order valence-electron chi connectivity index (χ0n) is 9.44. The van der Waals surface area contributed by atoms with Crippen molar-refractivity contribution in [3.8, 4) is 5.75 Å². The Hall–Kier alpha value is -1.10. The van der Waals surface area contributed by atoms with Crippen LogP contribution in [0.2, 0.25) is 0 Å². The fraction of sp³-hybridized carbons (Fsp3) is 0.500. The normalized spacial score (nSPS) is 15.9. The molecule has 0 spiro atoms. The van der Waals surface area contributed by atoms with Gasteiger partial charge in [0.15, 0.2) is 0 Å². The molecular weight excluding hydrogens is 206 g/mol. The van der Waals surface area contributed by atoms with Crippen LogP contribution in [0, 0.1) is 0 Å². The molecule has 4 nitrogen and oxygen atoms in total. The molecule has 0 radical (unpaired) electrons. The minimum atomic E-state index is 0.250. The Morgan fingerprint density at radius 1 is 1.44 bits per heavy atom. The van der Waals surface area contributed by atoms with Gasteiger partial charge in [0.05, 0.1) is 26.9 Å². The van der Waals surface area contributed by atoms with Gasteiger partial charge in [0.2, 0.25) is 0 Å². The van der Waals surface area contributed by atoms with Crippen molar-refractivity contribution in [1.29, 1.82) is 0 Å². The van der Waals surface area contributed by atoms with E-state index >= 15 is 0 Å². The maximum absolute atomic E-state index is 5.63. The van der Waals surface area contributed by atoms with Gasteiger partial charge in [-0.05, 0) is 11.6 Å². The van der Waals surface area contributed by atoms with E-state index in [1.54, 1.807) is 7.11 Å². The summed E-state index contributed by atoms with van der Waals surface area (Å²) in [5.41, 5.74) is 7.71. The van der Waals surface area contributed by atoms with Gasteiger partial charge in [-0.25, -0.2) is 0 Å². The lowest BCUT2D eigenvalue weighted by Crippen LogP contribution is -2.35. The second-order valence-electron chi connectivity index (χ2n) is 3.82. The van der Waals surface area contributed by atoms with Gasteiger partial charge in [0.25, 0.3) is 0 Å². The Kier molecular flexibility index (Phi) is 3.77. The molecule has 2 rings (SSSR count). The van der Waals surface area contributed by atoms with E-state index in [4.69, 9.17) is 19.9 Å². The van der Waals surface area contributed by atoms with Crippen LogP contribution in [0.15, 0.2) is 18.2 Å². The van der Waals surface area contributed by atoms with Crippen molar-refractivity contribution in [3.63, 3.8) is 0 Å².